The van der Waals surface area contributed by atoms with E-state index in [4.69, 9.17) is 9.15 Å². The third-order valence-electron chi connectivity index (χ3n) is 2.07. The summed E-state index contributed by atoms with van der Waals surface area (Å²) in [6, 6.07) is 0.596. The summed E-state index contributed by atoms with van der Waals surface area (Å²) >= 11 is 0. The van der Waals surface area contributed by atoms with Gasteiger partial charge in [-0.25, -0.2) is 0 Å². The minimum atomic E-state index is 0.596. The molecule has 1 aromatic heterocycles. The average molecular weight is 198 g/mol. The van der Waals surface area contributed by atoms with E-state index in [-0.39, 0.29) is 0 Å². The van der Waals surface area contributed by atoms with E-state index in [0.717, 1.165) is 26.3 Å². The Kier molecular flexibility index (Phi) is 2.95. The van der Waals surface area contributed by atoms with Gasteiger partial charge in [-0.2, -0.15) is 0 Å². The molecule has 0 spiro atoms. The van der Waals surface area contributed by atoms with Crippen molar-refractivity contribution in [2.24, 2.45) is 0 Å². The summed E-state index contributed by atoms with van der Waals surface area (Å²) in [7, 11) is 1.85. The quantitative estimate of drug-likeness (QED) is 0.714. The zero-order chi connectivity index (χ0) is 9.80. The summed E-state index contributed by atoms with van der Waals surface area (Å²) in [5, 5.41) is 10.9. The zero-order valence-electron chi connectivity index (χ0n) is 8.19. The molecule has 1 aromatic rings. The number of morpholine rings is 1. The van der Waals surface area contributed by atoms with Crippen molar-refractivity contribution in [2.75, 3.05) is 38.3 Å². The van der Waals surface area contributed by atoms with Gasteiger partial charge in [-0.15, -0.1) is 5.10 Å². The van der Waals surface area contributed by atoms with Gasteiger partial charge in [-0.3, -0.25) is 0 Å². The van der Waals surface area contributed by atoms with E-state index in [1.54, 1.807) is 0 Å². The molecule has 1 saturated heterocycles. The van der Waals surface area contributed by atoms with Gasteiger partial charge >= 0.3 is 6.01 Å². The third kappa shape index (κ3) is 2.02. The van der Waals surface area contributed by atoms with E-state index in [1.807, 2.05) is 11.9 Å². The molecule has 6 nitrogen and oxygen atoms in total. The number of nitrogens with zero attached hydrogens (tertiary/aromatic N) is 3. The third-order valence-corrected chi connectivity index (χ3v) is 2.07. The number of hydrogen-bond acceptors (Lipinski definition) is 6. The molecule has 1 N–H and O–H groups in total. The van der Waals surface area contributed by atoms with Crippen molar-refractivity contribution in [3.8, 4) is 0 Å². The van der Waals surface area contributed by atoms with Crippen molar-refractivity contribution < 1.29 is 9.15 Å². The zero-order valence-corrected chi connectivity index (χ0v) is 8.19. The predicted octanol–water partition coefficient (Wildman–Crippen LogP) is -0.374. The summed E-state index contributed by atoms with van der Waals surface area (Å²) in [4.78, 5) is 2.04. The van der Waals surface area contributed by atoms with Crippen LogP contribution in [0.25, 0.3) is 0 Å². The van der Waals surface area contributed by atoms with Crippen LogP contribution in [0, 0.1) is 0 Å². The molecule has 2 heterocycles. The SMILES string of the molecule is CNCc1nnc(N2CCOCC2)o1. The number of hydrogen-bond donors (Lipinski definition) is 1. The Labute approximate surface area is 82.2 Å². The van der Waals surface area contributed by atoms with Crippen LogP contribution in [0.15, 0.2) is 4.42 Å². The lowest BCUT2D eigenvalue weighted by atomic mass is 10.5. The maximum atomic E-state index is 5.45. The first-order valence-corrected chi connectivity index (χ1v) is 4.70. The first-order chi connectivity index (χ1) is 6.90. The summed E-state index contributed by atoms with van der Waals surface area (Å²) in [5.74, 6) is 0.619. The van der Waals surface area contributed by atoms with Crippen LogP contribution in [0.4, 0.5) is 6.01 Å². The van der Waals surface area contributed by atoms with Crippen molar-refractivity contribution in [1.82, 2.24) is 15.5 Å². The first-order valence-electron chi connectivity index (χ1n) is 4.70. The van der Waals surface area contributed by atoms with E-state index in [1.165, 1.54) is 0 Å². The molecule has 0 unspecified atom stereocenters. The van der Waals surface area contributed by atoms with Gasteiger partial charge in [0.15, 0.2) is 0 Å². The minimum absolute atomic E-state index is 0.596. The molecule has 0 atom stereocenters. The van der Waals surface area contributed by atoms with E-state index >= 15 is 0 Å². The maximum Gasteiger partial charge on any atom is 0.318 e. The maximum absolute atomic E-state index is 5.45. The van der Waals surface area contributed by atoms with Crippen LogP contribution in [-0.4, -0.2) is 43.5 Å². The van der Waals surface area contributed by atoms with Crippen LogP contribution >= 0.6 is 0 Å². The second kappa shape index (κ2) is 4.39. The molecular formula is C8H14N4O2. The Bertz CT molecular complexity index is 283. The average Bonchev–Trinajstić information content (AvgIpc) is 2.68. The van der Waals surface area contributed by atoms with Gasteiger partial charge in [0.1, 0.15) is 0 Å². The largest absolute Gasteiger partial charge is 0.407 e. The van der Waals surface area contributed by atoms with Crippen LogP contribution in [0.3, 0.4) is 0 Å². The monoisotopic (exact) mass is 198 g/mol. The predicted molar refractivity (Wildman–Crippen MR) is 50.1 cm³/mol. The first kappa shape index (κ1) is 9.42. The fourth-order valence-electron chi connectivity index (χ4n) is 1.35. The van der Waals surface area contributed by atoms with Crippen LogP contribution in [0.2, 0.25) is 0 Å². The van der Waals surface area contributed by atoms with Gasteiger partial charge < -0.3 is 19.4 Å². The highest BCUT2D eigenvalue weighted by molar-refractivity contribution is 5.24. The van der Waals surface area contributed by atoms with E-state index in [2.05, 4.69) is 15.5 Å². The Morgan fingerprint density at radius 1 is 1.36 bits per heavy atom. The number of ether oxygens (including phenoxy) is 1. The molecule has 0 bridgehead atoms. The molecule has 1 aliphatic rings. The Morgan fingerprint density at radius 2 is 2.14 bits per heavy atom. The summed E-state index contributed by atoms with van der Waals surface area (Å²) in [5.41, 5.74) is 0. The molecule has 1 fully saturated rings. The lowest BCUT2D eigenvalue weighted by Gasteiger charge is -2.24. The lowest BCUT2D eigenvalue weighted by Crippen LogP contribution is -2.36. The normalized spacial score (nSPS) is 17.4. The van der Waals surface area contributed by atoms with Gasteiger partial charge in [0.2, 0.25) is 5.89 Å². The molecule has 0 aliphatic carbocycles. The van der Waals surface area contributed by atoms with E-state index in [9.17, 15) is 0 Å². The number of anilines is 1. The highest BCUT2D eigenvalue weighted by Gasteiger charge is 2.16. The van der Waals surface area contributed by atoms with Crippen molar-refractivity contribution in [1.29, 1.82) is 0 Å². The summed E-state index contributed by atoms with van der Waals surface area (Å²) in [6.45, 7) is 3.70. The van der Waals surface area contributed by atoms with Crippen molar-refractivity contribution in [3.63, 3.8) is 0 Å². The second-order valence-electron chi connectivity index (χ2n) is 3.11. The number of aromatic nitrogens is 2. The Balaban J connectivity index is 2.00. The molecular weight excluding hydrogens is 184 g/mol. The van der Waals surface area contributed by atoms with Crippen LogP contribution in [0.5, 0.6) is 0 Å². The Hall–Kier alpha value is -1.14. The van der Waals surface area contributed by atoms with E-state index in [0.29, 0.717) is 18.5 Å². The molecule has 0 saturated carbocycles. The molecule has 6 heteroatoms. The Morgan fingerprint density at radius 3 is 2.86 bits per heavy atom. The highest BCUT2D eigenvalue weighted by Crippen LogP contribution is 2.13. The smallest absolute Gasteiger partial charge is 0.318 e. The van der Waals surface area contributed by atoms with Gasteiger partial charge in [0.05, 0.1) is 19.8 Å². The topological polar surface area (TPSA) is 63.4 Å². The van der Waals surface area contributed by atoms with Crippen LogP contribution < -0.4 is 10.2 Å². The van der Waals surface area contributed by atoms with Crippen LogP contribution in [0.1, 0.15) is 5.89 Å². The molecule has 1 aliphatic heterocycles. The van der Waals surface area contributed by atoms with Gasteiger partial charge in [0, 0.05) is 13.1 Å². The van der Waals surface area contributed by atoms with Gasteiger partial charge in [-0.05, 0) is 7.05 Å². The standard InChI is InChI=1S/C8H14N4O2/c1-9-6-7-10-11-8(14-7)12-2-4-13-5-3-12/h9H,2-6H2,1H3. The van der Waals surface area contributed by atoms with Crippen molar-refractivity contribution >= 4 is 6.01 Å². The van der Waals surface area contributed by atoms with Crippen molar-refractivity contribution in [2.45, 2.75) is 6.54 Å². The van der Waals surface area contributed by atoms with Gasteiger partial charge in [0.25, 0.3) is 0 Å². The van der Waals surface area contributed by atoms with Gasteiger partial charge in [-0.1, -0.05) is 5.10 Å². The highest BCUT2D eigenvalue weighted by atomic mass is 16.5. The number of nitrogens with one attached hydrogen (secondary N) is 1. The fourth-order valence-corrected chi connectivity index (χ4v) is 1.35. The molecule has 14 heavy (non-hydrogen) atoms. The molecule has 0 radical (unpaired) electrons. The summed E-state index contributed by atoms with van der Waals surface area (Å²) in [6.07, 6.45) is 0. The van der Waals surface area contributed by atoms with Crippen molar-refractivity contribution in [3.05, 3.63) is 5.89 Å². The summed E-state index contributed by atoms with van der Waals surface area (Å²) < 4.78 is 10.7. The number of rotatable bonds is 3. The lowest BCUT2D eigenvalue weighted by molar-refractivity contribution is 0.120. The molecule has 78 valence electrons. The minimum Gasteiger partial charge on any atom is -0.407 e. The fraction of sp³-hybridized carbons (Fsp3) is 0.750. The molecule has 2 rings (SSSR count). The molecule has 0 aromatic carbocycles. The van der Waals surface area contributed by atoms with Crippen LogP contribution in [-0.2, 0) is 11.3 Å². The molecule has 0 amide bonds. The second-order valence-corrected chi connectivity index (χ2v) is 3.11. The van der Waals surface area contributed by atoms with E-state index < -0.39 is 0 Å².